The molecule has 0 aliphatic rings. The SMILES string of the molecule is Cc1cc(O)cc(Cl)c1I. The van der Waals surface area contributed by atoms with E-state index in [4.69, 9.17) is 16.7 Å². The van der Waals surface area contributed by atoms with E-state index in [0.717, 1.165) is 9.13 Å². The lowest BCUT2D eigenvalue weighted by Gasteiger charge is -2.00. The first-order chi connectivity index (χ1) is 4.61. The van der Waals surface area contributed by atoms with E-state index in [9.17, 15) is 0 Å². The van der Waals surface area contributed by atoms with Gasteiger partial charge in [0.25, 0.3) is 0 Å². The van der Waals surface area contributed by atoms with Crippen molar-refractivity contribution in [1.29, 1.82) is 0 Å². The van der Waals surface area contributed by atoms with Crippen LogP contribution in [-0.2, 0) is 0 Å². The third kappa shape index (κ3) is 1.55. The van der Waals surface area contributed by atoms with Crippen LogP contribution >= 0.6 is 34.2 Å². The van der Waals surface area contributed by atoms with E-state index in [1.165, 1.54) is 6.07 Å². The molecule has 1 aromatic carbocycles. The van der Waals surface area contributed by atoms with Crippen molar-refractivity contribution >= 4 is 34.2 Å². The van der Waals surface area contributed by atoms with E-state index in [0.29, 0.717) is 5.02 Å². The van der Waals surface area contributed by atoms with Gasteiger partial charge in [0.2, 0.25) is 0 Å². The molecular formula is C7H6ClIO. The molecule has 54 valence electrons. The molecule has 0 fully saturated rings. The number of aryl methyl sites for hydroxylation is 1. The molecule has 0 aliphatic heterocycles. The Morgan fingerprint density at radius 2 is 2.10 bits per heavy atom. The van der Waals surface area contributed by atoms with Crippen molar-refractivity contribution in [3.8, 4) is 5.75 Å². The highest BCUT2D eigenvalue weighted by atomic mass is 127. The fourth-order valence-corrected chi connectivity index (χ4v) is 1.28. The van der Waals surface area contributed by atoms with Crippen molar-refractivity contribution in [1.82, 2.24) is 0 Å². The molecule has 10 heavy (non-hydrogen) atoms. The Morgan fingerprint density at radius 3 is 2.60 bits per heavy atom. The van der Waals surface area contributed by atoms with E-state index < -0.39 is 0 Å². The van der Waals surface area contributed by atoms with Crippen molar-refractivity contribution in [2.75, 3.05) is 0 Å². The Hall–Kier alpha value is 0.0400. The van der Waals surface area contributed by atoms with Gasteiger partial charge in [-0.05, 0) is 47.2 Å². The fraction of sp³-hybridized carbons (Fsp3) is 0.143. The molecule has 1 nitrogen and oxygen atoms in total. The average Bonchev–Trinajstić information content (AvgIpc) is 1.82. The van der Waals surface area contributed by atoms with Gasteiger partial charge >= 0.3 is 0 Å². The quantitative estimate of drug-likeness (QED) is 0.717. The standard InChI is InChI=1S/C7H6ClIO/c1-4-2-5(10)3-6(8)7(4)9/h2-3,10H,1H3. The Kier molecular flexibility index (Phi) is 2.41. The van der Waals surface area contributed by atoms with Crippen LogP contribution in [0.4, 0.5) is 0 Å². The lowest BCUT2D eigenvalue weighted by molar-refractivity contribution is 0.475. The monoisotopic (exact) mass is 268 g/mol. The minimum absolute atomic E-state index is 0.225. The Balaban J connectivity index is 3.31. The lowest BCUT2D eigenvalue weighted by atomic mass is 10.2. The zero-order chi connectivity index (χ0) is 7.72. The summed E-state index contributed by atoms with van der Waals surface area (Å²) < 4.78 is 0.997. The first kappa shape index (κ1) is 8.14. The van der Waals surface area contributed by atoms with Gasteiger partial charge in [-0.2, -0.15) is 0 Å². The zero-order valence-electron chi connectivity index (χ0n) is 5.36. The van der Waals surface area contributed by atoms with Gasteiger partial charge in [-0.25, -0.2) is 0 Å². The van der Waals surface area contributed by atoms with E-state index in [-0.39, 0.29) is 5.75 Å². The van der Waals surface area contributed by atoms with Gasteiger partial charge in [-0.1, -0.05) is 11.6 Å². The van der Waals surface area contributed by atoms with Crippen molar-refractivity contribution in [3.63, 3.8) is 0 Å². The molecule has 0 bridgehead atoms. The molecule has 0 aromatic heterocycles. The van der Waals surface area contributed by atoms with Crippen LogP contribution in [0, 0.1) is 10.5 Å². The number of phenolic OH excluding ortho intramolecular Hbond substituents is 1. The number of rotatable bonds is 0. The number of benzene rings is 1. The normalized spacial score (nSPS) is 9.90. The molecule has 3 heteroatoms. The molecule has 0 unspecified atom stereocenters. The highest BCUT2D eigenvalue weighted by molar-refractivity contribution is 14.1. The highest BCUT2D eigenvalue weighted by Crippen LogP contribution is 2.26. The number of hydrogen-bond acceptors (Lipinski definition) is 1. The molecule has 1 rings (SSSR count). The largest absolute Gasteiger partial charge is 0.508 e. The summed E-state index contributed by atoms with van der Waals surface area (Å²) in [6.07, 6.45) is 0. The number of aromatic hydroxyl groups is 1. The van der Waals surface area contributed by atoms with Gasteiger partial charge in [0, 0.05) is 3.57 Å². The van der Waals surface area contributed by atoms with Crippen LogP contribution in [0.5, 0.6) is 5.75 Å². The van der Waals surface area contributed by atoms with E-state index in [1.54, 1.807) is 6.07 Å². The molecule has 0 saturated carbocycles. The van der Waals surface area contributed by atoms with Crippen LogP contribution in [0.1, 0.15) is 5.56 Å². The molecule has 0 radical (unpaired) electrons. The van der Waals surface area contributed by atoms with Gasteiger partial charge in [0.15, 0.2) is 0 Å². The number of halogens is 2. The predicted octanol–water partition coefficient (Wildman–Crippen LogP) is 2.96. The summed E-state index contributed by atoms with van der Waals surface area (Å²) >= 11 is 7.89. The molecule has 1 N–H and O–H groups in total. The Labute approximate surface area is 78.2 Å². The summed E-state index contributed by atoms with van der Waals surface area (Å²) in [7, 11) is 0. The first-order valence-electron chi connectivity index (χ1n) is 2.76. The summed E-state index contributed by atoms with van der Waals surface area (Å²) in [6, 6.07) is 3.23. The summed E-state index contributed by atoms with van der Waals surface area (Å²) in [5.74, 6) is 0.225. The van der Waals surface area contributed by atoms with Gasteiger partial charge in [0.05, 0.1) is 5.02 Å². The zero-order valence-corrected chi connectivity index (χ0v) is 8.27. The summed E-state index contributed by atoms with van der Waals surface area (Å²) in [5, 5.41) is 9.64. The summed E-state index contributed by atoms with van der Waals surface area (Å²) in [6.45, 7) is 1.91. The number of hydrogen-bond donors (Lipinski definition) is 1. The van der Waals surface area contributed by atoms with Crippen LogP contribution in [0.2, 0.25) is 5.02 Å². The van der Waals surface area contributed by atoms with Crippen molar-refractivity contribution in [2.24, 2.45) is 0 Å². The van der Waals surface area contributed by atoms with Crippen LogP contribution in [0.25, 0.3) is 0 Å². The fourth-order valence-electron chi connectivity index (χ4n) is 0.708. The second kappa shape index (κ2) is 2.96. The van der Waals surface area contributed by atoms with Gasteiger partial charge in [-0.3, -0.25) is 0 Å². The van der Waals surface area contributed by atoms with E-state index in [2.05, 4.69) is 22.6 Å². The van der Waals surface area contributed by atoms with Crippen LogP contribution in [0.3, 0.4) is 0 Å². The topological polar surface area (TPSA) is 20.2 Å². The molecule has 0 aliphatic carbocycles. The van der Waals surface area contributed by atoms with Crippen LogP contribution < -0.4 is 0 Å². The second-order valence-electron chi connectivity index (χ2n) is 2.06. The minimum atomic E-state index is 0.225. The van der Waals surface area contributed by atoms with Gasteiger partial charge in [-0.15, -0.1) is 0 Å². The summed E-state index contributed by atoms with van der Waals surface area (Å²) in [4.78, 5) is 0. The minimum Gasteiger partial charge on any atom is -0.508 e. The maximum absolute atomic E-state index is 9.03. The Morgan fingerprint density at radius 1 is 1.50 bits per heavy atom. The molecule has 0 atom stereocenters. The average molecular weight is 268 g/mol. The van der Waals surface area contributed by atoms with Crippen molar-refractivity contribution < 1.29 is 5.11 Å². The van der Waals surface area contributed by atoms with Crippen molar-refractivity contribution in [2.45, 2.75) is 6.92 Å². The third-order valence-corrected chi connectivity index (χ3v) is 3.24. The smallest absolute Gasteiger partial charge is 0.117 e. The molecule has 1 aromatic rings. The first-order valence-corrected chi connectivity index (χ1v) is 4.21. The predicted molar refractivity (Wildman–Crippen MR) is 50.6 cm³/mol. The maximum atomic E-state index is 9.03. The molecule has 0 heterocycles. The third-order valence-electron chi connectivity index (χ3n) is 1.19. The lowest BCUT2D eigenvalue weighted by Crippen LogP contribution is -1.80. The molecule has 0 spiro atoms. The van der Waals surface area contributed by atoms with Gasteiger partial charge < -0.3 is 5.11 Å². The Bertz CT molecular complexity index is 237. The second-order valence-corrected chi connectivity index (χ2v) is 3.54. The van der Waals surface area contributed by atoms with E-state index >= 15 is 0 Å². The molecular weight excluding hydrogens is 262 g/mol. The molecule has 0 saturated heterocycles. The number of phenols is 1. The summed E-state index contributed by atoms with van der Waals surface area (Å²) in [5.41, 5.74) is 1.01. The molecule has 0 amide bonds. The van der Waals surface area contributed by atoms with Crippen molar-refractivity contribution in [3.05, 3.63) is 26.3 Å². The van der Waals surface area contributed by atoms with Crippen LogP contribution in [-0.4, -0.2) is 5.11 Å². The maximum Gasteiger partial charge on any atom is 0.117 e. The van der Waals surface area contributed by atoms with E-state index in [1.807, 2.05) is 6.92 Å². The highest BCUT2D eigenvalue weighted by Gasteiger charge is 2.01. The van der Waals surface area contributed by atoms with Crippen LogP contribution in [0.15, 0.2) is 12.1 Å². The van der Waals surface area contributed by atoms with Gasteiger partial charge in [0.1, 0.15) is 5.75 Å².